The molecule has 110 valence electrons. The van der Waals surface area contributed by atoms with Crippen LogP contribution in [0.25, 0.3) is 5.69 Å². The predicted molar refractivity (Wildman–Crippen MR) is 78.2 cm³/mol. The number of hydrogen-bond acceptors (Lipinski definition) is 4. The number of anilines is 1. The molecule has 1 amide bonds. The maximum absolute atomic E-state index is 12.2. The molecule has 1 fully saturated rings. The summed E-state index contributed by atoms with van der Waals surface area (Å²) in [4.78, 5) is 12.2. The Kier molecular flexibility index (Phi) is 3.70. The second-order valence-corrected chi connectivity index (χ2v) is 5.35. The van der Waals surface area contributed by atoms with Crippen LogP contribution in [-0.2, 0) is 9.53 Å². The van der Waals surface area contributed by atoms with Crippen molar-refractivity contribution in [1.29, 1.82) is 0 Å². The summed E-state index contributed by atoms with van der Waals surface area (Å²) in [5.74, 6) is 0.970. The zero-order chi connectivity index (χ0) is 14.8. The molecule has 2 atom stereocenters. The molecule has 1 N–H and O–H groups in total. The van der Waals surface area contributed by atoms with Gasteiger partial charge in [-0.3, -0.25) is 9.36 Å². The quantitative estimate of drug-likeness (QED) is 0.936. The normalized spacial score (nSPS) is 21.4. The molecule has 1 aliphatic rings. The fourth-order valence-electron chi connectivity index (χ4n) is 2.52. The van der Waals surface area contributed by atoms with E-state index in [4.69, 9.17) is 4.74 Å². The first-order chi connectivity index (χ1) is 10.1. The number of aryl methyl sites for hydroxylation is 1. The molecule has 0 spiro atoms. The molecule has 6 nitrogen and oxygen atoms in total. The number of hydrogen-bond donors (Lipinski definition) is 1. The Morgan fingerprint density at radius 3 is 3.00 bits per heavy atom. The first kappa shape index (κ1) is 13.8. The average Bonchev–Trinajstić information content (AvgIpc) is 3.07. The Hall–Kier alpha value is -2.21. The van der Waals surface area contributed by atoms with E-state index < -0.39 is 0 Å². The highest BCUT2D eigenvalue weighted by Gasteiger charge is 2.30. The van der Waals surface area contributed by atoms with Gasteiger partial charge in [-0.05, 0) is 37.5 Å². The van der Waals surface area contributed by atoms with Crippen molar-refractivity contribution in [2.24, 2.45) is 5.92 Å². The van der Waals surface area contributed by atoms with Crippen molar-refractivity contribution in [3.05, 3.63) is 36.4 Å². The van der Waals surface area contributed by atoms with E-state index in [1.54, 1.807) is 6.33 Å². The molecule has 1 aliphatic heterocycles. The number of aromatic nitrogens is 3. The third-order valence-electron chi connectivity index (χ3n) is 3.76. The Morgan fingerprint density at radius 1 is 1.48 bits per heavy atom. The predicted octanol–water partition coefficient (Wildman–Crippen LogP) is 1.94. The van der Waals surface area contributed by atoms with Gasteiger partial charge in [0.2, 0.25) is 0 Å². The van der Waals surface area contributed by atoms with Gasteiger partial charge in [0, 0.05) is 12.3 Å². The molecule has 1 aromatic heterocycles. The van der Waals surface area contributed by atoms with Gasteiger partial charge < -0.3 is 10.1 Å². The highest BCUT2D eigenvalue weighted by atomic mass is 16.5. The number of benzene rings is 1. The molecule has 0 bridgehead atoms. The van der Waals surface area contributed by atoms with Crippen molar-refractivity contribution < 1.29 is 9.53 Å². The molecule has 2 aromatic rings. The summed E-state index contributed by atoms with van der Waals surface area (Å²) in [5, 5.41) is 10.7. The maximum Gasteiger partial charge on any atom is 0.253 e. The van der Waals surface area contributed by atoms with Crippen molar-refractivity contribution >= 4 is 11.6 Å². The topological polar surface area (TPSA) is 69.0 Å². The number of ether oxygens (including phenoxy) is 1. The number of nitrogens with zero attached hydrogens (tertiary/aromatic N) is 3. The first-order valence-corrected chi connectivity index (χ1v) is 7.04. The molecule has 0 aliphatic carbocycles. The fraction of sp³-hybridized carbons (Fsp3) is 0.400. The zero-order valence-corrected chi connectivity index (χ0v) is 12.1. The maximum atomic E-state index is 12.2. The Bertz CT molecular complexity index is 653. The van der Waals surface area contributed by atoms with Gasteiger partial charge in [0.15, 0.2) is 0 Å². The standard InChI is InChI=1S/C15H18N4O2/c1-10-6-7-21-14(10)15(20)17-12-4-3-5-13(8-12)19-9-16-18-11(19)2/h3-5,8-10,14H,6-7H2,1-2H3,(H,17,20)/t10-,14+/m0/s1. The molecule has 0 unspecified atom stereocenters. The molecule has 2 heterocycles. The number of carbonyl (C=O) groups is 1. The lowest BCUT2D eigenvalue weighted by Crippen LogP contribution is -2.31. The van der Waals surface area contributed by atoms with Crippen LogP contribution in [0.2, 0.25) is 0 Å². The largest absolute Gasteiger partial charge is 0.368 e. The summed E-state index contributed by atoms with van der Waals surface area (Å²) in [5.41, 5.74) is 1.66. The highest BCUT2D eigenvalue weighted by molar-refractivity contribution is 5.94. The number of nitrogens with one attached hydrogen (secondary N) is 1. The summed E-state index contributed by atoms with van der Waals surface area (Å²) in [6.45, 7) is 4.57. The molecular weight excluding hydrogens is 268 g/mol. The van der Waals surface area contributed by atoms with Crippen molar-refractivity contribution in [2.45, 2.75) is 26.4 Å². The molecule has 0 radical (unpaired) electrons. The minimum absolute atomic E-state index is 0.0855. The monoisotopic (exact) mass is 286 g/mol. The Morgan fingerprint density at radius 2 is 2.33 bits per heavy atom. The lowest BCUT2D eigenvalue weighted by atomic mass is 10.0. The van der Waals surface area contributed by atoms with Crippen molar-refractivity contribution in [3.8, 4) is 5.69 Å². The van der Waals surface area contributed by atoms with Gasteiger partial charge in [-0.25, -0.2) is 0 Å². The number of amides is 1. The molecular formula is C15H18N4O2. The second kappa shape index (κ2) is 5.65. The van der Waals surface area contributed by atoms with Crippen molar-refractivity contribution in [1.82, 2.24) is 14.8 Å². The molecule has 6 heteroatoms. The van der Waals surface area contributed by atoms with Crippen molar-refractivity contribution in [3.63, 3.8) is 0 Å². The first-order valence-electron chi connectivity index (χ1n) is 7.04. The van der Waals surface area contributed by atoms with E-state index in [1.165, 1.54) is 0 Å². The summed E-state index contributed by atoms with van der Waals surface area (Å²) in [6.07, 6.45) is 2.22. The van der Waals surface area contributed by atoms with Crippen LogP contribution in [0.3, 0.4) is 0 Å². The van der Waals surface area contributed by atoms with Crippen LogP contribution in [0.4, 0.5) is 5.69 Å². The van der Waals surface area contributed by atoms with Crippen LogP contribution in [0.5, 0.6) is 0 Å². The van der Waals surface area contributed by atoms with Gasteiger partial charge >= 0.3 is 0 Å². The van der Waals surface area contributed by atoms with Gasteiger partial charge in [0.1, 0.15) is 18.3 Å². The summed E-state index contributed by atoms with van der Waals surface area (Å²) in [7, 11) is 0. The van der Waals surface area contributed by atoms with E-state index >= 15 is 0 Å². The van der Waals surface area contributed by atoms with E-state index in [2.05, 4.69) is 15.5 Å². The minimum Gasteiger partial charge on any atom is -0.368 e. The van der Waals surface area contributed by atoms with Gasteiger partial charge in [0.05, 0.1) is 5.69 Å². The van der Waals surface area contributed by atoms with Crippen LogP contribution < -0.4 is 5.32 Å². The number of rotatable bonds is 3. The van der Waals surface area contributed by atoms with Gasteiger partial charge in [0.25, 0.3) is 5.91 Å². The van der Waals surface area contributed by atoms with Gasteiger partial charge in [-0.2, -0.15) is 0 Å². The molecule has 1 saturated heterocycles. The SMILES string of the molecule is Cc1nncn1-c1cccc(NC(=O)[C@@H]2OCC[C@@H]2C)c1. The third-order valence-corrected chi connectivity index (χ3v) is 3.76. The summed E-state index contributed by atoms with van der Waals surface area (Å²) >= 11 is 0. The van der Waals surface area contributed by atoms with Crippen LogP contribution in [-0.4, -0.2) is 33.4 Å². The second-order valence-electron chi connectivity index (χ2n) is 5.35. The van der Waals surface area contributed by atoms with Crippen LogP contribution >= 0.6 is 0 Å². The molecule has 0 saturated carbocycles. The zero-order valence-electron chi connectivity index (χ0n) is 12.1. The smallest absolute Gasteiger partial charge is 0.253 e. The molecule has 21 heavy (non-hydrogen) atoms. The fourth-order valence-corrected chi connectivity index (χ4v) is 2.52. The summed E-state index contributed by atoms with van der Waals surface area (Å²) < 4.78 is 7.35. The van der Waals surface area contributed by atoms with Gasteiger partial charge in [-0.1, -0.05) is 13.0 Å². The summed E-state index contributed by atoms with van der Waals surface area (Å²) in [6, 6.07) is 7.60. The van der Waals surface area contributed by atoms with Crippen LogP contribution in [0.1, 0.15) is 19.2 Å². The van der Waals surface area contributed by atoms with Crippen LogP contribution in [0.15, 0.2) is 30.6 Å². The van der Waals surface area contributed by atoms with Gasteiger partial charge in [-0.15, -0.1) is 10.2 Å². The van der Waals surface area contributed by atoms with E-state index in [1.807, 2.05) is 42.7 Å². The van der Waals surface area contributed by atoms with E-state index in [0.717, 1.165) is 23.6 Å². The third kappa shape index (κ3) is 2.80. The molecule has 3 rings (SSSR count). The van der Waals surface area contributed by atoms with Crippen LogP contribution in [0, 0.1) is 12.8 Å². The van der Waals surface area contributed by atoms with E-state index in [-0.39, 0.29) is 17.9 Å². The lowest BCUT2D eigenvalue weighted by Gasteiger charge is -2.15. The lowest BCUT2D eigenvalue weighted by molar-refractivity contribution is -0.126. The van der Waals surface area contributed by atoms with E-state index in [9.17, 15) is 4.79 Å². The average molecular weight is 286 g/mol. The Labute approximate surface area is 123 Å². The van der Waals surface area contributed by atoms with E-state index in [0.29, 0.717) is 6.61 Å². The Balaban J connectivity index is 1.77. The highest BCUT2D eigenvalue weighted by Crippen LogP contribution is 2.22. The minimum atomic E-state index is -0.356. The molecule has 1 aromatic carbocycles. The van der Waals surface area contributed by atoms with Crippen molar-refractivity contribution in [2.75, 3.05) is 11.9 Å². The number of carbonyl (C=O) groups excluding carboxylic acids is 1.